The summed E-state index contributed by atoms with van der Waals surface area (Å²) in [6.07, 6.45) is 4.98. The number of aromatic nitrogens is 2. The number of hydrogen-bond donors (Lipinski definition) is 1. The van der Waals surface area contributed by atoms with Crippen LogP contribution >= 0.6 is 0 Å². The van der Waals surface area contributed by atoms with Gasteiger partial charge in [-0.05, 0) is 30.9 Å². The maximum Gasteiger partial charge on any atom is 0.303 e. The van der Waals surface area contributed by atoms with Crippen molar-refractivity contribution in [3.63, 3.8) is 0 Å². The highest BCUT2D eigenvalue weighted by Gasteiger charge is 2.22. The molecule has 1 aromatic heterocycles. The molecule has 1 saturated carbocycles. The van der Waals surface area contributed by atoms with E-state index in [1.54, 1.807) is 6.92 Å². The van der Waals surface area contributed by atoms with Crippen LogP contribution in [0.15, 0.2) is 24.5 Å². The van der Waals surface area contributed by atoms with Crippen LogP contribution in [0.2, 0.25) is 0 Å². The maximum absolute atomic E-state index is 14.3. The van der Waals surface area contributed by atoms with Gasteiger partial charge >= 0.3 is 5.97 Å². The Morgan fingerprint density at radius 1 is 1.26 bits per heavy atom. The molecule has 1 fully saturated rings. The molecule has 3 rings (SSSR count). The first kappa shape index (κ1) is 19.0. The van der Waals surface area contributed by atoms with E-state index in [1.165, 1.54) is 12.4 Å². The first-order chi connectivity index (χ1) is 12.9. The standard InChI is InChI=1S/C19H20F2N2O4/c1-11(4-18(24)25)9-27-19-14(20)5-13(6-15(19)21)16-7-22-8-17(23-16)26-10-12-2-3-12/h5-8,11-12H,2-4,9-10H2,1H3,(H,24,25). The third-order valence-electron chi connectivity index (χ3n) is 4.11. The Kier molecular flexibility index (Phi) is 5.83. The van der Waals surface area contributed by atoms with E-state index in [2.05, 4.69) is 9.97 Å². The summed E-state index contributed by atoms with van der Waals surface area (Å²) < 4.78 is 39.3. The molecule has 0 radical (unpaired) electrons. The van der Waals surface area contributed by atoms with Crippen LogP contribution in [-0.4, -0.2) is 34.3 Å². The van der Waals surface area contributed by atoms with Crippen LogP contribution in [0, 0.1) is 23.5 Å². The lowest BCUT2D eigenvalue weighted by molar-refractivity contribution is -0.138. The van der Waals surface area contributed by atoms with E-state index >= 15 is 0 Å². The van der Waals surface area contributed by atoms with Gasteiger partial charge in [0.2, 0.25) is 5.88 Å². The zero-order valence-corrected chi connectivity index (χ0v) is 14.8. The summed E-state index contributed by atoms with van der Waals surface area (Å²) in [5.41, 5.74) is 0.493. The molecule has 1 N–H and O–H groups in total. The van der Waals surface area contributed by atoms with Gasteiger partial charge in [0.05, 0.1) is 37.7 Å². The van der Waals surface area contributed by atoms with E-state index in [4.69, 9.17) is 14.6 Å². The molecule has 2 aromatic rings. The van der Waals surface area contributed by atoms with Gasteiger partial charge in [0.25, 0.3) is 0 Å². The number of carboxylic acids is 1. The number of aliphatic carboxylic acids is 1. The molecule has 1 unspecified atom stereocenters. The smallest absolute Gasteiger partial charge is 0.303 e. The number of carbonyl (C=O) groups is 1. The lowest BCUT2D eigenvalue weighted by Gasteiger charge is -2.13. The summed E-state index contributed by atoms with van der Waals surface area (Å²) in [5, 5.41) is 8.72. The van der Waals surface area contributed by atoms with Crippen LogP contribution in [0.5, 0.6) is 11.6 Å². The molecule has 27 heavy (non-hydrogen) atoms. The Labute approximate surface area is 155 Å². The van der Waals surface area contributed by atoms with Crippen LogP contribution in [-0.2, 0) is 4.79 Å². The molecule has 1 atom stereocenters. The van der Waals surface area contributed by atoms with Crippen molar-refractivity contribution in [3.05, 3.63) is 36.2 Å². The van der Waals surface area contributed by atoms with Crippen molar-refractivity contribution in [2.75, 3.05) is 13.2 Å². The first-order valence-electron chi connectivity index (χ1n) is 8.71. The highest BCUT2D eigenvalue weighted by Crippen LogP contribution is 2.31. The molecule has 1 aromatic carbocycles. The Hall–Kier alpha value is -2.77. The molecule has 1 aliphatic carbocycles. The number of ether oxygens (including phenoxy) is 2. The maximum atomic E-state index is 14.3. The highest BCUT2D eigenvalue weighted by atomic mass is 19.1. The fourth-order valence-corrected chi connectivity index (χ4v) is 2.47. The van der Waals surface area contributed by atoms with Crippen molar-refractivity contribution in [2.24, 2.45) is 11.8 Å². The predicted octanol–water partition coefficient (Wildman–Crippen LogP) is 3.70. The number of hydrogen-bond acceptors (Lipinski definition) is 5. The minimum absolute atomic E-state index is 0.107. The van der Waals surface area contributed by atoms with Gasteiger partial charge in [-0.15, -0.1) is 0 Å². The third kappa shape index (κ3) is 5.35. The molecular weight excluding hydrogens is 358 g/mol. The zero-order valence-electron chi connectivity index (χ0n) is 14.8. The van der Waals surface area contributed by atoms with Gasteiger partial charge in [-0.2, -0.15) is 0 Å². The number of rotatable bonds is 9. The summed E-state index contributed by atoms with van der Waals surface area (Å²) in [6.45, 7) is 2.08. The Morgan fingerprint density at radius 3 is 2.59 bits per heavy atom. The van der Waals surface area contributed by atoms with Gasteiger partial charge < -0.3 is 14.6 Å². The van der Waals surface area contributed by atoms with Gasteiger partial charge in [0.1, 0.15) is 0 Å². The van der Waals surface area contributed by atoms with Gasteiger partial charge in [0, 0.05) is 11.5 Å². The highest BCUT2D eigenvalue weighted by molar-refractivity contribution is 5.67. The van der Waals surface area contributed by atoms with Crippen LogP contribution in [0.3, 0.4) is 0 Å². The molecule has 0 bridgehead atoms. The zero-order chi connectivity index (χ0) is 19.4. The molecule has 0 spiro atoms. The second-order valence-electron chi connectivity index (χ2n) is 6.78. The molecule has 6 nitrogen and oxygen atoms in total. The van der Waals surface area contributed by atoms with Crippen LogP contribution in [0.1, 0.15) is 26.2 Å². The van der Waals surface area contributed by atoms with Crippen molar-refractivity contribution >= 4 is 5.97 Å². The summed E-state index contributed by atoms with van der Waals surface area (Å²) in [5.74, 6) is -2.84. The summed E-state index contributed by atoms with van der Waals surface area (Å²) in [7, 11) is 0. The van der Waals surface area contributed by atoms with E-state index in [1.807, 2.05) is 0 Å². The number of halogens is 2. The number of carboxylic acid groups (broad SMARTS) is 1. The van der Waals surface area contributed by atoms with Crippen molar-refractivity contribution < 1.29 is 28.2 Å². The monoisotopic (exact) mass is 378 g/mol. The van der Waals surface area contributed by atoms with E-state index in [-0.39, 0.29) is 30.2 Å². The van der Waals surface area contributed by atoms with Crippen LogP contribution in [0.4, 0.5) is 8.78 Å². The van der Waals surface area contributed by atoms with E-state index in [0.29, 0.717) is 18.4 Å². The molecule has 0 aliphatic heterocycles. The topological polar surface area (TPSA) is 81.5 Å². The Bertz CT molecular complexity index is 804. The minimum atomic E-state index is -0.996. The quantitative estimate of drug-likeness (QED) is 0.717. The summed E-state index contributed by atoms with van der Waals surface area (Å²) in [6, 6.07) is 2.21. The molecule has 0 amide bonds. The van der Waals surface area contributed by atoms with Gasteiger partial charge in [-0.25, -0.2) is 13.8 Å². The van der Waals surface area contributed by atoms with Crippen LogP contribution < -0.4 is 9.47 Å². The van der Waals surface area contributed by atoms with E-state index in [9.17, 15) is 13.6 Å². The average molecular weight is 378 g/mol. The number of benzene rings is 1. The molecule has 0 saturated heterocycles. The minimum Gasteiger partial charge on any atom is -0.487 e. The second-order valence-corrected chi connectivity index (χ2v) is 6.78. The fraction of sp³-hybridized carbons (Fsp3) is 0.421. The second kappa shape index (κ2) is 8.28. The first-order valence-corrected chi connectivity index (χ1v) is 8.71. The molecular formula is C19H20F2N2O4. The normalized spacial score (nSPS) is 14.6. The number of nitrogens with zero attached hydrogens (tertiary/aromatic N) is 2. The van der Waals surface area contributed by atoms with E-state index in [0.717, 1.165) is 25.0 Å². The third-order valence-corrected chi connectivity index (χ3v) is 4.11. The fourth-order valence-electron chi connectivity index (χ4n) is 2.47. The van der Waals surface area contributed by atoms with Crippen molar-refractivity contribution in [1.29, 1.82) is 0 Å². The lowest BCUT2D eigenvalue weighted by Crippen LogP contribution is -2.14. The van der Waals surface area contributed by atoms with Crippen molar-refractivity contribution in [1.82, 2.24) is 9.97 Å². The molecule has 1 heterocycles. The van der Waals surface area contributed by atoms with Gasteiger partial charge in [-0.1, -0.05) is 6.92 Å². The van der Waals surface area contributed by atoms with Gasteiger partial charge in [0.15, 0.2) is 17.4 Å². The predicted molar refractivity (Wildman–Crippen MR) is 92.5 cm³/mol. The summed E-state index contributed by atoms with van der Waals surface area (Å²) in [4.78, 5) is 18.9. The molecule has 8 heteroatoms. The average Bonchev–Trinajstić information content (AvgIpc) is 3.43. The van der Waals surface area contributed by atoms with Crippen molar-refractivity contribution in [2.45, 2.75) is 26.2 Å². The van der Waals surface area contributed by atoms with Gasteiger partial charge in [-0.3, -0.25) is 9.78 Å². The Balaban J connectivity index is 1.71. The van der Waals surface area contributed by atoms with E-state index < -0.39 is 23.4 Å². The SMILES string of the molecule is CC(COc1c(F)cc(-c2cncc(OCC3CC3)n2)cc1F)CC(=O)O. The molecule has 1 aliphatic rings. The lowest BCUT2D eigenvalue weighted by atomic mass is 10.1. The molecule has 144 valence electrons. The van der Waals surface area contributed by atoms with Crippen LogP contribution in [0.25, 0.3) is 11.3 Å². The summed E-state index contributed by atoms with van der Waals surface area (Å²) >= 11 is 0. The Morgan fingerprint density at radius 2 is 1.96 bits per heavy atom. The van der Waals surface area contributed by atoms with Crippen molar-refractivity contribution in [3.8, 4) is 22.9 Å². The largest absolute Gasteiger partial charge is 0.487 e.